The van der Waals surface area contributed by atoms with Gasteiger partial charge in [0.1, 0.15) is 0 Å². The molecule has 0 nitrogen and oxygen atoms in total. The van der Waals surface area contributed by atoms with Gasteiger partial charge in [-0.1, -0.05) is 354 Å². The average molecular weight is 1160 g/mol. The number of benzene rings is 12. The normalized spacial score (nSPS) is 13.8. The molecule has 0 radical (unpaired) electrons. The van der Waals surface area contributed by atoms with Gasteiger partial charge in [0, 0.05) is 10.8 Å². The summed E-state index contributed by atoms with van der Waals surface area (Å²) < 4.78 is 0. The molecule has 0 heteroatoms. The van der Waals surface area contributed by atoms with Gasteiger partial charge in [-0.3, -0.25) is 0 Å². The zero-order valence-corrected chi connectivity index (χ0v) is 54.2. The van der Waals surface area contributed by atoms with Crippen molar-refractivity contribution in [3.8, 4) is 55.6 Å². The van der Waals surface area contributed by atoms with Crippen LogP contribution < -0.4 is 0 Å². The summed E-state index contributed by atoms with van der Waals surface area (Å²) >= 11 is 0. The van der Waals surface area contributed by atoms with Crippen molar-refractivity contribution in [3.05, 3.63) is 323 Å². The maximum Gasteiger partial charge on any atom is 0.0221 e. The molecule has 16 rings (SSSR count). The van der Waals surface area contributed by atoms with Gasteiger partial charge >= 0.3 is 0 Å². The molecule has 446 valence electrons. The van der Waals surface area contributed by atoms with Crippen molar-refractivity contribution in [1.29, 1.82) is 0 Å². The molecule has 0 atom stereocenters. The van der Waals surface area contributed by atoms with Crippen molar-refractivity contribution in [2.45, 2.75) is 137 Å². The van der Waals surface area contributed by atoms with E-state index in [2.05, 4.69) is 316 Å². The molecular formula is C89H90. The third-order valence-corrected chi connectivity index (χ3v) is 18.8. The van der Waals surface area contributed by atoms with Crippen molar-refractivity contribution in [2.75, 3.05) is 0 Å². The highest BCUT2D eigenvalue weighted by Gasteiger charge is 2.47. The highest BCUT2D eigenvalue weighted by Crippen LogP contribution is 2.60. The molecule has 0 amide bonds. The van der Waals surface area contributed by atoms with Crippen LogP contribution in [0.2, 0.25) is 0 Å². The zero-order chi connectivity index (χ0) is 61.7. The number of hydrogen-bond donors (Lipinski definition) is 0. The average Bonchev–Trinajstić information content (AvgIpc) is 1.62. The van der Waals surface area contributed by atoms with E-state index in [-0.39, 0.29) is 10.8 Å². The molecule has 4 aliphatic carbocycles. The maximum atomic E-state index is 2.38. The van der Waals surface area contributed by atoms with Crippen molar-refractivity contribution in [2.24, 2.45) is 0 Å². The Labute approximate surface area is 533 Å². The molecule has 0 unspecified atom stereocenters. The van der Waals surface area contributed by atoms with Crippen LogP contribution in [0, 0.1) is 34.6 Å². The van der Waals surface area contributed by atoms with Gasteiger partial charge in [-0.15, -0.1) is 0 Å². The Bertz CT molecular complexity index is 4080. The van der Waals surface area contributed by atoms with Gasteiger partial charge in [0.2, 0.25) is 0 Å². The van der Waals surface area contributed by atoms with Crippen LogP contribution >= 0.6 is 0 Å². The topological polar surface area (TPSA) is 0 Å². The first-order valence-corrected chi connectivity index (χ1v) is 33.2. The van der Waals surface area contributed by atoms with Gasteiger partial charge in [-0.2, -0.15) is 0 Å². The SMILES string of the molecule is CCC.CCCc1cccc(-c2ccccc2)c1.Cc1ccc(-c2ccc(C)cc2)cc1.Cc1ccc2c3c(ccc2c1)-c1ccccc1C31CCCC1.Cc1ccc2c3c(ccc2c1)-c1ccccc1C31CCCC1.Cc1cccc(-c2ccccc2)c1. The van der Waals surface area contributed by atoms with Crippen LogP contribution in [0.1, 0.15) is 141 Å². The van der Waals surface area contributed by atoms with E-state index >= 15 is 0 Å². The molecule has 12 aromatic carbocycles. The Balaban J connectivity index is 0.000000115. The van der Waals surface area contributed by atoms with Crippen molar-refractivity contribution < 1.29 is 0 Å². The van der Waals surface area contributed by atoms with Crippen LogP contribution in [0.5, 0.6) is 0 Å². The van der Waals surface area contributed by atoms with E-state index in [9.17, 15) is 0 Å². The fourth-order valence-electron chi connectivity index (χ4n) is 14.7. The zero-order valence-electron chi connectivity index (χ0n) is 54.2. The minimum Gasteiger partial charge on any atom is -0.0656 e. The Hall–Kier alpha value is -8.84. The summed E-state index contributed by atoms with van der Waals surface area (Å²) in [7, 11) is 0. The van der Waals surface area contributed by atoms with Crippen LogP contribution in [0.4, 0.5) is 0 Å². The summed E-state index contributed by atoms with van der Waals surface area (Å²) in [5.74, 6) is 0. The molecular weight excluding hydrogens is 1070 g/mol. The number of hydrogen-bond acceptors (Lipinski definition) is 0. The molecule has 2 spiro atoms. The summed E-state index contributed by atoms with van der Waals surface area (Å²) in [5.41, 5.74) is 28.7. The summed E-state index contributed by atoms with van der Waals surface area (Å²) in [6, 6.07) is 97.1. The van der Waals surface area contributed by atoms with Crippen LogP contribution in [0.25, 0.3) is 77.2 Å². The lowest BCUT2D eigenvalue weighted by atomic mass is 9.75. The number of aryl methyl sites for hydroxylation is 6. The van der Waals surface area contributed by atoms with Gasteiger partial charge in [0.25, 0.3) is 0 Å². The lowest BCUT2D eigenvalue weighted by Gasteiger charge is -2.27. The van der Waals surface area contributed by atoms with Crippen molar-refractivity contribution in [1.82, 2.24) is 0 Å². The predicted molar refractivity (Wildman–Crippen MR) is 387 cm³/mol. The van der Waals surface area contributed by atoms with E-state index < -0.39 is 0 Å². The molecule has 2 fully saturated rings. The van der Waals surface area contributed by atoms with E-state index in [1.807, 2.05) is 6.07 Å². The fourth-order valence-corrected chi connectivity index (χ4v) is 14.7. The predicted octanol–water partition coefficient (Wildman–Crippen LogP) is 25.3. The van der Waals surface area contributed by atoms with E-state index in [4.69, 9.17) is 0 Å². The molecule has 0 N–H and O–H groups in total. The quantitative estimate of drug-likeness (QED) is 0.161. The number of rotatable bonds is 5. The first kappa shape index (κ1) is 61.8. The van der Waals surface area contributed by atoms with Gasteiger partial charge in [-0.25, -0.2) is 0 Å². The Morgan fingerprint density at radius 2 is 0.640 bits per heavy atom. The summed E-state index contributed by atoms with van der Waals surface area (Å²) in [5, 5.41) is 5.75. The van der Waals surface area contributed by atoms with Crippen LogP contribution in [0.15, 0.2) is 267 Å². The molecule has 89 heavy (non-hydrogen) atoms. The Kier molecular flexibility index (Phi) is 19.8. The second-order valence-corrected chi connectivity index (χ2v) is 25.6. The second-order valence-electron chi connectivity index (χ2n) is 25.6. The standard InChI is InChI=1S/2C22H20.C15H16.C14H14.C13H12.C3H8/c2*1-15-8-10-17-16(14-15)9-11-19-18-6-2-3-7-20(18)22(21(17)19)12-4-5-13-22;1-2-7-13-8-6-11-15(12-13)14-9-4-3-5-10-14;1-11-3-7-13(8-4-11)14-9-5-12(2)6-10-14;1-11-6-5-9-13(10-11)12-7-3-2-4-8-12;1-3-2/h2*2-3,6-11,14H,4-5,12-13H2,1H3;3-6,8-12H,2,7H2,1H3;3-10H,1-2H3;2-10H,1H3;3H2,1-2H3. The van der Waals surface area contributed by atoms with Gasteiger partial charge in [-0.05, 0) is 172 Å². The van der Waals surface area contributed by atoms with E-state index in [0.29, 0.717) is 0 Å². The largest absolute Gasteiger partial charge is 0.0656 e. The monoisotopic (exact) mass is 1160 g/mol. The molecule has 0 aliphatic heterocycles. The molecule has 0 saturated heterocycles. The minimum absolute atomic E-state index is 0.278. The molecule has 2 saturated carbocycles. The minimum atomic E-state index is 0.278. The van der Waals surface area contributed by atoms with Crippen molar-refractivity contribution >= 4 is 21.5 Å². The molecule has 0 aromatic heterocycles. The fraction of sp³-hybridized carbons (Fsp3) is 0.236. The molecule has 0 heterocycles. The third kappa shape index (κ3) is 13.6. The van der Waals surface area contributed by atoms with E-state index in [1.54, 1.807) is 22.3 Å². The maximum absolute atomic E-state index is 2.38. The first-order valence-electron chi connectivity index (χ1n) is 33.2. The second kappa shape index (κ2) is 28.5. The molecule has 12 aromatic rings. The van der Waals surface area contributed by atoms with E-state index in [0.717, 1.165) is 0 Å². The van der Waals surface area contributed by atoms with Crippen LogP contribution in [-0.4, -0.2) is 0 Å². The Morgan fingerprint density at radius 3 is 1.07 bits per heavy atom. The summed E-state index contributed by atoms with van der Waals surface area (Å²) in [6.45, 7) is 17.2. The third-order valence-electron chi connectivity index (χ3n) is 18.8. The van der Waals surface area contributed by atoms with Crippen molar-refractivity contribution in [3.63, 3.8) is 0 Å². The van der Waals surface area contributed by atoms with Gasteiger partial charge < -0.3 is 0 Å². The van der Waals surface area contributed by atoms with Gasteiger partial charge in [0.15, 0.2) is 0 Å². The molecule has 0 bridgehead atoms. The summed E-state index contributed by atoms with van der Waals surface area (Å²) in [6.07, 6.45) is 14.3. The highest BCUT2D eigenvalue weighted by molar-refractivity contribution is 5.99. The lowest BCUT2D eigenvalue weighted by molar-refractivity contribution is 0.554. The van der Waals surface area contributed by atoms with E-state index in [1.165, 1.54) is 181 Å². The Morgan fingerprint density at radius 1 is 0.281 bits per heavy atom. The summed E-state index contributed by atoms with van der Waals surface area (Å²) in [4.78, 5) is 0. The first-order chi connectivity index (χ1) is 43.5. The van der Waals surface area contributed by atoms with Gasteiger partial charge in [0.05, 0.1) is 0 Å². The van der Waals surface area contributed by atoms with Crippen LogP contribution in [-0.2, 0) is 17.3 Å². The smallest absolute Gasteiger partial charge is 0.0221 e. The lowest BCUT2D eigenvalue weighted by Crippen LogP contribution is -2.20. The molecule has 4 aliphatic rings. The highest BCUT2D eigenvalue weighted by atomic mass is 14.5. The van der Waals surface area contributed by atoms with Crippen LogP contribution in [0.3, 0.4) is 0 Å². The number of fused-ring (bicyclic) bond motifs is 14.